The predicted molar refractivity (Wildman–Crippen MR) is 99.4 cm³/mol. The summed E-state index contributed by atoms with van der Waals surface area (Å²) in [4.78, 5) is 21.4. The molecule has 1 N–H and O–H groups in total. The van der Waals surface area contributed by atoms with E-state index >= 15 is 0 Å². The fourth-order valence-corrected chi connectivity index (χ4v) is 3.36. The van der Waals surface area contributed by atoms with Gasteiger partial charge in [0.25, 0.3) is 0 Å². The molecule has 1 heterocycles. The van der Waals surface area contributed by atoms with E-state index in [1.165, 1.54) is 11.8 Å². The van der Waals surface area contributed by atoms with Crippen LogP contribution in [-0.4, -0.2) is 21.1 Å². The lowest BCUT2D eigenvalue weighted by molar-refractivity contribution is -0.115. The first-order valence-corrected chi connectivity index (χ1v) is 8.66. The van der Waals surface area contributed by atoms with Crippen molar-refractivity contribution in [3.8, 4) is 6.07 Å². The molecule has 1 aromatic heterocycles. The van der Waals surface area contributed by atoms with Gasteiger partial charge in [-0.05, 0) is 38.1 Å². The number of anilines is 1. The quantitative estimate of drug-likeness (QED) is 0.571. The van der Waals surface area contributed by atoms with E-state index in [1.54, 1.807) is 24.3 Å². The van der Waals surface area contributed by atoms with E-state index < -0.39 is 0 Å². The highest BCUT2D eigenvalue weighted by Crippen LogP contribution is 2.29. The Morgan fingerprint density at radius 1 is 1.20 bits per heavy atom. The molecule has 2 aromatic carbocycles. The van der Waals surface area contributed by atoms with Crippen LogP contribution in [0.2, 0.25) is 0 Å². The van der Waals surface area contributed by atoms with Gasteiger partial charge in [0, 0.05) is 11.1 Å². The van der Waals surface area contributed by atoms with Crippen molar-refractivity contribution in [1.29, 1.82) is 5.26 Å². The van der Waals surface area contributed by atoms with Gasteiger partial charge in [0.2, 0.25) is 5.91 Å². The molecule has 25 heavy (non-hydrogen) atoms. The Balaban J connectivity index is 1.79. The first-order valence-electron chi connectivity index (χ1n) is 7.78. The number of aromatic nitrogens is 2. The van der Waals surface area contributed by atoms with E-state index in [2.05, 4.69) is 21.4 Å². The Morgan fingerprint density at radius 2 is 2.00 bits per heavy atom. The van der Waals surface area contributed by atoms with Crippen molar-refractivity contribution in [2.24, 2.45) is 0 Å². The Labute approximate surface area is 150 Å². The summed E-state index contributed by atoms with van der Waals surface area (Å²) in [6.45, 7) is 3.68. The van der Waals surface area contributed by atoms with Gasteiger partial charge >= 0.3 is 0 Å². The highest BCUT2D eigenvalue weighted by Gasteiger charge is 2.17. The lowest BCUT2D eigenvalue weighted by Crippen LogP contribution is -2.22. The Kier molecular flexibility index (Phi) is 4.96. The summed E-state index contributed by atoms with van der Waals surface area (Å²) >= 11 is 1.40. The Hall–Kier alpha value is -2.91. The van der Waals surface area contributed by atoms with Gasteiger partial charge in [-0.3, -0.25) is 4.79 Å². The van der Waals surface area contributed by atoms with Gasteiger partial charge in [-0.1, -0.05) is 36.0 Å². The maximum atomic E-state index is 12.5. The molecule has 0 bridgehead atoms. The van der Waals surface area contributed by atoms with Crippen LogP contribution in [0, 0.1) is 18.3 Å². The third-order valence-corrected chi connectivity index (χ3v) is 4.70. The number of nitrogens with zero attached hydrogens (tertiary/aromatic N) is 3. The molecule has 0 fully saturated rings. The number of hydrogen-bond acceptors (Lipinski definition) is 5. The minimum Gasteiger partial charge on any atom is -0.325 e. The maximum Gasteiger partial charge on any atom is 0.237 e. The number of nitriles is 1. The summed E-state index contributed by atoms with van der Waals surface area (Å²) < 4.78 is 0. The van der Waals surface area contributed by atoms with Crippen LogP contribution >= 0.6 is 11.8 Å². The first-order chi connectivity index (χ1) is 12.1. The van der Waals surface area contributed by atoms with Crippen molar-refractivity contribution in [3.05, 3.63) is 59.9 Å². The lowest BCUT2D eigenvalue weighted by Gasteiger charge is -2.13. The molecule has 1 atom stereocenters. The van der Waals surface area contributed by atoms with E-state index in [0.29, 0.717) is 17.1 Å². The molecule has 0 spiro atoms. The molecule has 0 saturated heterocycles. The van der Waals surface area contributed by atoms with Crippen LogP contribution in [-0.2, 0) is 4.79 Å². The Morgan fingerprint density at radius 3 is 2.80 bits per heavy atom. The van der Waals surface area contributed by atoms with Crippen LogP contribution in [0.1, 0.15) is 18.3 Å². The summed E-state index contributed by atoms with van der Waals surface area (Å²) in [6, 6.07) is 16.7. The second-order valence-electron chi connectivity index (χ2n) is 5.54. The highest BCUT2D eigenvalue weighted by molar-refractivity contribution is 8.00. The molecule has 3 aromatic rings. The maximum absolute atomic E-state index is 12.5. The number of nitrogens with one attached hydrogen (secondary N) is 1. The van der Waals surface area contributed by atoms with Crippen molar-refractivity contribution in [3.63, 3.8) is 0 Å². The van der Waals surface area contributed by atoms with Crippen LogP contribution in [0.25, 0.3) is 10.9 Å². The molecular weight excluding hydrogens is 332 g/mol. The highest BCUT2D eigenvalue weighted by atomic mass is 32.2. The van der Waals surface area contributed by atoms with Gasteiger partial charge in [-0.25, -0.2) is 9.97 Å². The molecule has 0 aliphatic heterocycles. The third-order valence-electron chi connectivity index (χ3n) is 3.60. The topological polar surface area (TPSA) is 78.7 Å². The number of carbonyl (C=O) groups is 1. The lowest BCUT2D eigenvalue weighted by atomic mass is 10.2. The van der Waals surface area contributed by atoms with E-state index in [9.17, 15) is 4.79 Å². The number of rotatable bonds is 4. The molecule has 1 unspecified atom stereocenters. The number of benzene rings is 2. The fourth-order valence-electron chi connectivity index (χ4n) is 2.38. The van der Waals surface area contributed by atoms with Crippen LogP contribution in [0.15, 0.2) is 53.6 Å². The first kappa shape index (κ1) is 16.9. The average Bonchev–Trinajstić information content (AvgIpc) is 2.61. The summed E-state index contributed by atoms with van der Waals surface area (Å²) in [5.74, 6) is 0.538. The van der Waals surface area contributed by atoms with Crippen LogP contribution in [0.3, 0.4) is 0 Å². The van der Waals surface area contributed by atoms with Crippen LogP contribution < -0.4 is 5.32 Å². The van der Waals surface area contributed by atoms with Crippen molar-refractivity contribution in [2.45, 2.75) is 24.1 Å². The monoisotopic (exact) mass is 348 g/mol. The summed E-state index contributed by atoms with van der Waals surface area (Å²) in [5.41, 5.74) is 1.99. The SMILES string of the molecule is Cc1nc(SC(C)C(=O)Nc2cccc(C#N)c2)c2ccccc2n1. The van der Waals surface area contributed by atoms with Gasteiger partial charge < -0.3 is 5.32 Å². The molecule has 3 rings (SSSR count). The predicted octanol–water partition coefficient (Wildman–Crippen LogP) is 3.93. The van der Waals surface area contributed by atoms with Gasteiger partial charge in [-0.15, -0.1) is 0 Å². The number of aryl methyl sites for hydroxylation is 1. The number of thioether (sulfide) groups is 1. The van der Waals surface area contributed by atoms with Crippen molar-refractivity contribution in [2.75, 3.05) is 5.32 Å². The summed E-state index contributed by atoms with van der Waals surface area (Å²) in [7, 11) is 0. The molecule has 0 radical (unpaired) electrons. The van der Waals surface area contributed by atoms with Crippen molar-refractivity contribution < 1.29 is 4.79 Å². The number of carbonyl (C=O) groups excluding carboxylic acids is 1. The number of hydrogen-bond donors (Lipinski definition) is 1. The zero-order valence-electron chi connectivity index (χ0n) is 13.9. The largest absolute Gasteiger partial charge is 0.325 e. The molecule has 0 aliphatic rings. The summed E-state index contributed by atoms with van der Waals surface area (Å²) in [6.07, 6.45) is 0. The minimum atomic E-state index is -0.344. The number of fused-ring (bicyclic) bond motifs is 1. The van der Waals surface area contributed by atoms with Gasteiger partial charge in [0.15, 0.2) is 0 Å². The van der Waals surface area contributed by atoms with E-state index in [4.69, 9.17) is 5.26 Å². The average molecular weight is 348 g/mol. The smallest absolute Gasteiger partial charge is 0.237 e. The molecule has 1 amide bonds. The number of para-hydroxylation sites is 1. The molecule has 0 saturated carbocycles. The molecule has 0 aliphatic carbocycles. The zero-order valence-corrected chi connectivity index (χ0v) is 14.7. The molecule has 5 nitrogen and oxygen atoms in total. The van der Waals surface area contributed by atoms with E-state index in [0.717, 1.165) is 15.9 Å². The normalized spacial score (nSPS) is 11.7. The van der Waals surface area contributed by atoms with Gasteiger partial charge in [0.05, 0.1) is 22.4 Å². The molecule has 124 valence electrons. The third kappa shape index (κ3) is 3.95. The van der Waals surface area contributed by atoms with E-state index in [1.807, 2.05) is 38.1 Å². The second-order valence-corrected chi connectivity index (χ2v) is 6.86. The standard InChI is InChI=1S/C19H16N4OS/c1-12(18(24)23-15-7-5-6-14(10-15)11-20)25-19-16-8-3-4-9-17(16)21-13(2)22-19/h3-10,12H,1-2H3,(H,23,24). The molecule has 6 heteroatoms. The Bertz CT molecular complexity index is 981. The van der Waals surface area contributed by atoms with Crippen LogP contribution in [0.5, 0.6) is 0 Å². The fraction of sp³-hybridized carbons (Fsp3) is 0.158. The van der Waals surface area contributed by atoms with Crippen molar-refractivity contribution in [1.82, 2.24) is 9.97 Å². The minimum absolute atomic E-state index is 0.138. The zero-order chi connectivity index (χ0) is 17.8. The van der Waals surface area contributed by atoms with Gasteiger partial charge in [-0.2, -0.15) is 5.26 Å². The molecular formula is C19H16N4OS. The van der Waals surface area contributed by atoms with E-state index in [-0.39, 0.29) is 11.2 Å². The summed E-state index contributed by atoms with van der Waals surface area (Å²) in [5, 5.41) is 13.2. The number of amides is 1. The van der Waals surface area contributed by atoms with Crippen molar-refractivity contribution >= 4 is 34.3 Å². The van der Waals surface area contributed by atoms with Gasteiger partial charge in [0.1, 0.15) is 10.9 Å². The van der Waals surface area contributed by atoms with Crippen LogP contribution in [0.4, 0.5) is 5.69 Å². The second kappa shape index (κ2) is 7.32.